The third-order valence-corrected chi connectivity index (χ3v) is 6.45. The number of hydrogen-bond donors (Lipinski definition) is 1. The second-order valence-corrected chi connectivity index (χ2v) is 9.18. The van der Waals surface area contributed by atoms with Crippen LogP contribution in [0.4, 0.5) is 0 Å². The number of amides is 1. The monoisotopic (exact) mass is 491 g/mol. The molecule has 0 unspecified atom stereocenters. The molecule has 0 saturated heterocycles. The molecule has 188 valence electrons. The van der Waals surface area contributed by atoms with Crippen molar-refractivity contribution in [2.75, 3.05) is 6.61 Å². The van der Waals surface area contributed by atoms with Gasteiger partial charge in [-0.1, -0.05) is 54.1 Å². The number of carbonyl (C=O) groups excluding carboxylic acids is 1. The lowest BCUT2D eigenvalue weighted by atomic mass is 10.0. The molecule has 0 aliphatic heterocycles. The van der Waals surface area contributed by atoms with Crippen LogP contribution in [0, 0.1) is 25.2 Å². The lowest BCUT2D eigenvalue weighted by molar-refractivity contribution is -0.121. The molecular formula is C32H33N3O2. The van der Waals surface area contributed by atoms with Gasteiger partial charge in [-0.25, -0.2) is 0 Å². The van der Waals surface area contributed by atoms with Crippen LogP contribution in [0.25, 0.3) is 16.9 Å². The first-order valence-corrected chi connectivity index (χ1v) is 12.7. The molecule has 1 heterocycles. The SMILES string of the molecule is CCOc1ccccc1CNC(=O)CCc1ccc(-c2ccc(C)cc2C)n1-c1ccc(CC#N)cc1. The van der Waals surface area contributed by atoms with Crippen LogP contribution in [0.1, 0.15) is 41.3 Å². The van der Waals surface area contributed by atoms with Gasteiger partial charge < -0.3 is 14.6 Å². The summed E-state index contributed by atoms with van der Waals surface area (Å²) < 4.78 is 7.90. The number of carbonyl (C=O) groups is 1. The van der Waals surface area contributed by atoms with Crippen LogP contribution in [0.3, 0.4) is 0 Å². The van der Waals surface area contributed by atoms with Gasteiger partial charge in [0.1, 0.15) is 5.75 Å². The van der Waals surface area contributed by atoms with Crippen LogP contribution in [-0.4, -0.2) is 17.1 Å². The Kier molecular flexibility index (Phi) is 8.43. The quantitative estimate of drug-likeness (QED) is 0.276. The maximum absolute atomic E-state index is 12.8. The highest BCUT2D eigenvalue weighted by Gasteiger charge is 2.15. The predicted octanol–water partition coefficient (Wildman–Crippen LogP) is 6.47. The molecule has 5 nitrogen and oxygen atoms in total. The molecule has 0 atom stereocenters. The number of para-hydroxylation sites is 1. The largest absolute Gasteiger partial charge is 0.494 e. The molecule has 0 aliphatic rings. The van der Waals surface area contributed by atoms with E-state index in [2.05, 4.69) is 60.1 Å². The molecule has 4 aromatic rings. The number of aryl methyl sites for hydroxylation is 3. The normalized spacial score (nSPS) is 10.6. The fourth-order valence-corrected chi connectivity index (χ4v) is 4.61. The minimum Gasteiger partial charge on any atom is -0.494 e. The predicted molar refractivity (Wildman–Crippen MR) is 148 cm³/mol. The van der Waals surface area contributed by atoms with E-state index in [1.165, 1.54) is 11.1 Å². The maximum atomic E-state index is 12.8. The fourth-order valence-electron chi connectivity index (χ4n) is 4.61. The number of aromatic nitrogens is 1. The van der Waals surface area contributed by atoms with Crippen LogP contribution < -0.4 is 10.1 Å². The van der Waals surface area contributed by atoms with Crippen molar-refractivity contribution in [2.45, 2.75) is 46.6 Å². The Labute approximate surface area is 219 Å². The first kappa shape index (κ1) is 25.8. The Morgan fingerprint density at radius 1 is 1.00 bits per heavy atom. The van der Waals surface area contributed by atoms with Crippen molar-refractivity contribution in [3.05, 3.63) is 107 Å². The van der Waals surface area contributed by atoms with Crippen LogP contribution in [0.5, 0.6) is 5.75 Å². The Bertz CT molecular complexity index is 1410. The minimum atomic E-state index is -0.00325. The zero-order valence-corrected chi connectivity index (χ0v) is 21.8. The molecule has 5 heteroatoms. The summed E-state index contributed by atoms with van der Waals surface area (Å²) in [5.41, 5.74) is 8.72. The molecule has 37 heavy (non-hydrogen) atoms. The van der Waals surface area contributed by atoms with Crippen molar-refractivity contribution in [3.63, 3.8) is 0 Å². The Morgan fingerprint density at radius 3 is 2.51 bits per heavy atom. The van der Waals surface area contributed by atoms with Crippen LogP contribution >= 0.6 is 0 Å². The number of hydrogen-bond acceptors (Lipinski definition) is 3. The Hall–Kier alpha value is -4.30. The first-order valence-electron chi connectivity index (χ1n) is 12.7. The molecule has 0 spiro atoms. The summed E-state index contributed by atoms with van der Waals surface area (Å²) in [5.74, 6) is 0.800. The van der Waals surface area contributed by atoms with Gasteiger partial charge >= 0.3 is 0 Å². The number of nitrogens with one attached hydrogen (secondary N) is 1. The molecule has 1 N–H and O–H groups in total. The highest BCUT2D eigenvalue weighted by molar-refractivity contribution is 5.76. The van der Waals surface area contributed by atoms with E-state index < -0.39 is 0 Å². The topological polar surface area (TPSA) is 67.0 Å². The number of rotatable bonds is 10. The highest BCUT2D eigenvalue weighted by atomic mass is 16.5. The van der Waals surface area contributed by atoms with Crippen molar-refractivity contribution in [2.24, 2.45) is 0 Å². The second-order valence-electron chi connectivity index (χ2n) is 9.18. The molecule has 0 radical (unpaired) electrons. The first-order chi connectivity index (χ1) is 18.0. The average Bonchev–Trinajstić information content (AvgIpc) is 3.31. The molecule has 0 saturated carbocycles. The lowest BCUT2D eigenvalue weighted by Crippen LogP contribution is -2.23. The molecule has 1 amide bonds. The van der Waals surface area contributed by atoms with Crippen molar-refractivity contribution in [1.82, 2.24) is 9.88 Å². The van der Waals surface area contributed by atoms with Gasteiger partial charge in [0.15, 0.2) is 0 Å². The van der Waals surface area contributed by atoms with Gasteiger partial charge in [-0.15, -0.1) is 0 Å². The fraction of sp³-hybridized carbons (Fsp3) is 0.250. The lowest BCUT2D eigenvalue weighted by Gasteiger charge is -2.16. The second kappa shape index (κ2) is 12.1. The summed E-state index contributed by atoms with van der Waals surface area (Å²) in [5, 5.41) is 12.1. The number of benzene rings is 3. The maximum Gasteiger partial charge on any atom is 0.220 e. The van der Waals surface area contributed by atoms with E-state index >= 15 is 0 Å². The zero-order chi connectivity index (χ0) is 26.2. The summed E-state index contributed by atoms with van der Waals surface area (Å²) in [6.07, 6.45) is 1.36. The van der Waals surface area contributed by atoms with E-state index in [1.54, 1.807) is 0 Å². The third-order valence-electron chi connectivity index (χ3n) is 6.45. The van der Waals surface area contributed by atoms with Gasteiger partial charge in [0, 0.05) is 35.5 Å². The molecular weight excluding hydrogens is 458 g/mol. The summed E-state index contributed by atoms with van der Waals surface area (Å²) in [4.78, 5) is 12.8. The Morgan fingerprint density at radius 2 is 1.78 bits per heavy atom. The van der Waals surface area contributed by atoms with E-state index in [9.17, 15) is 4.79 Å². The van der Waals surface area contributed by atoms with E-state index in [-0.39, 0.29) is 5.91 Å². The minimum absolute atomic E-state index is 0.00325. The summed E-state index contributed by atoms with van der Waals surface area (Å²) >= 11 is 0. The summed E-state index contributed by atoms with van der Waals surface area (Å²) in [6, 6.07) is 28.8. The van der Waals surface area contributed by atoms with Crippen molar-refractivity contribution < 1.29 is 9.53 Å². The van der Waals surface area contributed by atoms with E-state index in [4.69, 9.17) is 10.00 Å². The number of ether oxygens (including phenoxy) is 1. The molecule has 3 aromatic carbocycles. The third kappa shape index (κ3) is 6.29. The van der Waals surface area contributed by atoms with Gasteiger partial charge in [0.2, 0.25) is 5.91 Å². The number of nitriles is 1. The van der Waals surface area contributed by atoms with Crippen molar-refractivity contribution >= 4 is 5.91 Å². The standard InChI is InChI=1S/C32H33N3O2/c1-4-37-31-8-6-5-7-26(31)22-34-32(36)18-15-28-14-17-30(29-16-9-23(2)21-24(29)3)35(28)27-12-10-25(11-13-27)19-20-33/h5-14,16-17,21H,4,15,18-19,22H2,1-3H3,(H,34,36). The van der Waals surface area contributed by atoms with E-state index in [0.29, 0.717) is 32.4 Å². The molecule has 0 aliphatic carbocycles. The van der Waals surface area contributed by atoms with Gasteiger partial charge in [-0.3, -0.25) is 4.79 Å². The van der Waals surface area contributed by atoms with Crippen molar-refractivity contribution in [3.8, 4) is 28.8 Å². The van der Waals surface area contributed by atoms with Gasteiger partial charge in [0.25, 0.3) is 0 Å². The van der Waals surface area contributed by atoms with Crippen LogP contribution in [0.2, 0.25) is 0 Å². The summed E-state index contributed by atoms with van der Waals surface area (Å²) in [7, 11) is 0. The Balaban J connectivity index is 1.56. The molecule has 1 aromatic heterocycles. The van der Waals surface area contributed by atoms with Gasteiger partial charge in [0.05, 0.1) is 24.8 Å². The molecule has 4 rings (SSSR count). The molecule has 0 fully saturated rings. The number of nitrogens with zero attached hydrogens (tertiary/aromatic N) is 2. The van der Waals surface area contributed by atoms with Crippen molar-refractivity contribution in [1.29, 1.82) is 5.26 Å². The van der Waals surface area contributed by atoms with Gasteiger partial charge in [-0.05, 0) is 68.7 Å². The van der Waals surface area contributed by atoms with E-state index in [1.807, 2.05) is 55.5 Å². The smallest absolute Gasteiger partial charge is 0.220 e. The zero-order valence-electron chi connectivity index (χ0n) is 21.8. The van der Waals surface area contributed by atoms with E-state index in [0.717, 1.165) is 39.5 Å². The van der Waals surface area contributed by atoms with Gasteiger partial charge in [-0.2, -0.15) is 5.26 Å². The molecule has 0 bridgehead atoms. The average molecular weight is 492 g/mol. The van der Waals surface area contributed by atoms with Crippen LogP contribution in [0.15, 0.2) is 78.9 Å². The van der Waals surface area contributed by atoms with Crippen LogP contribution in [-0.2, 0) is 24.2 Å². The summed E-state index contributed by atoms with van der Waals surface area (Å²) in [6.45, 7) is 7.20. The highest BCUT2D eigenvalue weighted by Crippen LogP contribution is 2.30.